The van der Waals surface area contributed by atoms with E-state index in [9.17, 15) is 4.79 Å². The average molecular weight is 235 g/mol. The maximum Gasteiger partial charge on any atom is 0.509 e. The summed E-state index contributed by atoms with van der Waals surface area (Å²) < 4.78 is 9.65. The van der Waals surface area contributed by atoms with Crippen LogP contribution in [0.25, 0.3) is 0 Å². The van der Waals surface area contributed by atoms with Crippen molar-refractivity contribution in [3.8, 4) is 0 Å². The fourth-order valence-electron chi connectivity index (χ4n) is 2.08. The Morgan fingerprint density at radius 2 is 2.00 bits per heavy atom. The molecule has 15 heavy (non-hydrogen) atoms. The molecular formula is C11H19ClO3. The molecule has 0 radical (unpaired) electrons. The van der Waals surface area contributed by atoms with Gasteiger partial charge >= 0.3 is 6.16 Å². The highest BCUT2D eigenvalue weighted by molar-refractivity contribution is 6.17. The molecule has 1 unspecified atom stereocenters. The molecule has 0 aliphatic heterocycles. The third-order valence-corrected chi connectivity index (χ3v) is 3.29. The van der Waals surface area contributed by atoms with E-state index in [4.69, 9.17) is 16.3 Å². The molecule has 0 N–H and O–H groups in total. The highest BCUT2D eigenvalue weighted by atomic mass is 35.5. The zero-order chi connectivity index (χ0) is 11.3. The number of carbonyl (C=O) groups excluding carboxylic acids is 1. The van der Waals surface area contributed by atoms with Crippen molar-refractivity contribution < 1.29 is 14.3 Å². The maximum atomic E-state index is 11.0. The Kier molecular flexibility index (Phi) is 5.23. The Morgan fingerprint density at radius 1 is 1.40 bits per heavy atom. The first-order valence-corrected chi connectivity index (χ1v) is 6.06. The van der Waals surface area contributed by atoms with Crippen LogP contribution in [0.3, 0.4) is 0 Å². The van der Waals surface area contributed by atoms with E-state index < -0.39 is 6.16 Å². The van der Waals surface area contributed by atoms with Gasteiger partial charge in [-0.3, -0.25) is 0 Å². The Labute approximate surface area is 96.1 Å². The van der Waals surface area contributed by atoms with Crippen LogP contribution >= 0.6 is 11.6 Å². The minimum absolute atomic E-state index is 0.0618. The second-order valence-corrected chi connectivity index (χ2v) is 4.56. The maximum absolute atomic E-state index is 11.0. The van der Waals surface area contributed by atoms with Gasteiger partial charge in [0.25, 0.3) is 0 Å². The number of alkyl halides is 1. The van der Waals surface area contributed by atoms with Crippen LogP contribution in [-0.2, 0) is 9.47 Å². The third-order valence-electron chi connectivity index (χ3n) is 3.18. The van der Waals surface area contributed by atoms with E-state index in [-0.39, 0.29) is 12.2 Å². The van der Waals surface area contributed by atoms with Gasteiger partial charge in [0.05, 0.1) is 0 Å². The number of ether oxygens (including phenoxy) is 2. The molecule has 1 saturated carbocycles. The van der Waals surface area contributed by atoms with Gasteiger partial charge in [-0.25, -0.2) is 4.79 Å². The van der Waals surface area contributed by atoms with Crippen molar-refractivity contribution >= 4 is 17.8 Å². The predicted octanol–water partition coefficient (Wildman–Crippen LogP) is 3.55. The van der Waals surface area contributed by atoms with Crippen molar-refractivity contribution in [2.24, 2.45) is 11.8 Å². The topological polar surface area (TPSA) is 35.5 Å². The Balaban J connectivity index is 2.27. The molecule has 1 atom stereocenters. The van der Waals surface area contributed by atoms with E-state index in [0.29, 0.717) is 5.92 Å². The molecule has 0 heterocycles. The van der Waals surface area contributed by atoms with Gasteiger partial charge in [0, 0.05) is 0 Å². The number of rotatable bonds is 3. The van der Waals surface area contributed by atoms with Crippen molar-refractivity contribution in [3.05, 3.63) is 0 Å². The highest BCUT2D eigenvalue weighted by Gasteiger charge is 2.25. The minimum Gasteiger partial charge on any atom is -0.431 e. The van der Waals surface area contributed by atoms with E-state index >= 15 is 0 Å². The third kappa shape index (κ3) is 4.29. The largest absolute Gasteiger partial charge is 0.509 e. The summed E-state index contributed by atoms with van der Waals surface area (Å²) in [6.45, 7) is 4.19. The number of halogens is 1. The summed E-state index contributed by atoms with van der Waals surface area (Å²) in [5.41, 5.74) is 0. The molecule has 0 saturated heterocycles. The van der Waals surface area contributed by atoms with E-state index in [2.05, 4.69) is 11.7 Å². The quantitative estimate of drug-likeness (QED) is 0.553. The predicted molar refractivity (Wildman–Crippen MR) is 58.9 cm³/mol. The first kappa shape index (κ1) is 12.6. The van der Waals surface area contributed by atoms with E-state index in [1.807, 2.05) is 6.92 Å². The van der Waals surface area contributed by atoms with E-state index in [1.54, 1.807) is 0 Å². The summed E-state index contributed by atoms with van der Waals surface area (Å²) in [5, 5.41) is 0. The molecule has 0 amide bonds. The van der Waals surface area contributed by atoms with Crippen LogP contribution in [0.15, 0.2) is 0 Å². The number of carbonyl (C=O) groups is 1. The molecule has 0 spiro atoms. The van der Waals surface area contributed by atoms with Crippen LogP contribution in [0.1, 0.15) is 39.5 Å². The number of hydrogen-bond acceptors (Lipinski definition) is 3. The summed E-state index contributed by atoms with van der Waals surface area (Å²) >= 11 is 5.26. The summed E-state index contributed by atoms with van der Waals surface area (Å²) in [6, 6.07) is -0.146. The SMILES string of the molecule is CC1CCC(C(C)OC(=O)OCCl)CC1. The average Bonchev–Trinajstić information content (AvgIpc) is 2.18. The minimum atomic E-state index is -0.656. The second kappa shape index (κ2) is 6.21. The summed E-state index contributed by atoms with van der Waals surface area (Å²) in [7, 11) is 0. The molecule has 4 heteroatoms. The fourth-order valence-corrected chi connectivity index (χ4v) is 2.17. The van der Waals surface area contributed by atoms with Gasteiger partial charge in [-0.15, -0.1) is 0 Å². The molecule has 0 aromatic heterocycles. The van der Waals surface area contributed by atoms with Gasteiger partial charge in [-0.2, -0.15) is 0 Å². The smallest absolute Gasteiger partial charge is 0.431 e. The normalized spacial score (nSPS) is 28.2. The first-order valence-electron chi connectivity index (χ1n) is 5.53. The van der Waals surface area contributed by atoms with Gasteiger partial charge in [-0.05, 0) is 31.6 Å². The lowest BCUT2D eigenvalue weighted by Gasteiger charge is -2.29. The van der Waals surface area contributed by atoms with Crippen LogP contribution in [0, 0.1) is 11.8 Å². The highest BCUT2D eigenvalue weighted by Crippen LogP contribution is 2.31. The first-order chi connectivity index (χ1) is 7.13. The number of hydrogen-bond donors (Lipinski definition) is 0. The second-order valence-electron chi connectivity index (χ2n) is 4.35. The Morgan fingerprint density at radius 3 is 2.53 bits per heavy atom. The van der Waals surface area contributed by atoms with E-state index in [0.717, 1.165) is 18.8 Å². The molecule has 0 aromatic carbocycles. The van der Waals surface area contributed by atoms with Gasteiger partial charge in [0.1, 0.15) is 6.10 Å². The van der Waals surface area contributed by atoms with Crippen molar-refractivity contribution in [2.45, 2.75) is 45.6 Å². The lowest BCUT2D eigenvalue weighted by molar-refractivity contribution is 0.00746. The van der Waals surface area contributed by atoms with Crippen LogP contribution in [0.5, 0.6) is 0 Å². The molecule has 1 rings (SSSR count). The van der Waals surface area contributed by atoms with Gasteiger partial charge in [-0.1, -0.05) is 31.4 Å². The summed E-state index contributed by atoms with van der Waals surface area (Å²) in [5.74, 6) is 1.28. The van der Waals surface area contributed by atoms with Gasteiger partial charge in [0.15, 0.2) is 6.07 Å². The van der Waals surface area contributed by atoms with Crippen LogP contribution < -0.4 is 0 Å². The Hall–Kier alpha value is -0.440. The monoisotopic (exact) mass is 234 g/mol. The standard InChI is InChI=1S/C11H19ClO3/c1-8-3-5-10(6-4-8)9(2)15-11(13)14-7-12/h8-10H,3-7H2,1-2H3. The molecule has 3 nitrogen and oxygen atoms in total. The van der Waals surface area contributed by atoms with E-state index in [1.165, 1.54) is 12.8 Å². The van der Waals surface area contributed by atoms with Crippen molar-refractivity contribution in [2.75, 3.05) is 6.07 Å². The van der Waals surface area contributed by atoms with Crippen LogP contribution in [0.2, 0.25) is 0 Å². The van der Waals surface area contributed by atoms with Crippen LogP contribution in [0.4, 0.5) is 4.79 Å². The fraction of sp³-hybridized carbons (Fsp3) is 0.909. The van der Waals surface area contributed by atoms with Gasteiger partial charge < -0.3 is 9.47 Å². The van der Waals surface area contributed by atoms with Crippen molar-refractivity contribution in [1.82, 2.24) is 0 Å². The molecular weight excluding hydrogens is 216 g/mol. The lowest BCUT2D eigenvalue weighted by Crippen LogP contribution is -2.27. The summed E-state index contributed by atoms with van der Waals surface area (Å²) in [6.07, 6.45) is 4.00. The molecule has 0 bridgehead atoms. The van der Waals surface area contributed by atoms with Gasteiger partial charge in [0.2, 0.25) is 0 Å². The molecule has 0 aromatic rings. The lowest BCUT2D eigenvalue weighted by atomic mass is 9.80. The Bertz CT molecular complexity index is 200. The van der Waals surface area contributed by atoms with Crippen molar-refractivity contribution in [1.29, 1.82) is 0 Å². The van der Waals surface area contributed by atoms with Crippen LogP contribution in [-0.4, -0.2) is 18.3 Å². The molecule has 1 aliphatic rings. The zero-order valence-electron chi connectivity index (χ0n) is 9.37. The molecule has 1 fully saturated rings. The van der Waals surface area contributed by atoms with Crippen molar-refractivity contribution in [3.63, 3.8) is 0 Å². The molecule has 88 valence electrons. The zero-order valence-corrected chi connectivity index (χ0v) is 10.1. The molecule has 1 aliphatic carbocycles. The summed E-state index contributed by atoms with van der Waals surface area (Å²) in [4.78, 5) is 11.0.